The molecule has 1 aliphatic rings. The van der Waals surface area contributed by atoms with Crippen molar-refractivity contribution in [3.05, 3.63) is 138 Å². The smallest absolute Gasteiger partial charge is 0.0468 e. The molecule has 0 saturated heterocycles. The molecule has 0 aliphatic heterocycles. The van der Waals surface area contributed by atoms with E-state index in [1.54, 1.807) is 0 Å². The standard InChI is InChI=1S/C43H43N/c1-41(2,3)39-33-19-12-13-20-34(33)40(42(4,5)6)36-26-29(23-25-35(36)39)44(28-16-10-9-11-17-28)30-22-24-32-31-18-14-15-21-37(31)43(7,8)38(32)27-30/h9-27H,1-8H3. The molecule has 220 valence electrons. The van der Waals surface area contributed by atoms with Gasteiger partial charge in [-0.05, 0) is 102 Å². The first kappa shape index (κ1) is 28.4. The molecule has 0 amide bonds. The van der Waals surface area contributed by atoms with E-state index in [4.69, 9.17) is 0 Å². The first-order valence-electron chi connectivity index (χ1n) is 16.0. The van der Waals surface area contributed by atoms with E-state index in [2.05, 4.69) is 176 Å². The lowest BCUT2D eigenvalue weighted by molar-refractivity contribution is 0.593. The number of hydrogen-bond acceptors (Lipinski definition) is 1. The molecule has 0 spiro atoms. The number of rotatable bonds is 3. The zero-order chi connectivity index (χ0) is 31.0. The highest BCUT2D eigenvalue weighted by Crippen LogP contribution is 2.51. The van der Waals surface area contributed by atoms with Crippen LogP contribution >= 0.6 is 0 Å². The summed E-state index contributed by atoms with van der Waals surface area (Å²) in [6.45, 7) is 18.8. The van der Waals surface area contributed by atoms with Crippen molar-refractivity contribution in [3.63, 3.8) is 0 Å². The molecule has 6 aromatic rings. The average molecular weight is 574 g/mol. The van der Waals surface area contributed by atoms with Crippen LogP contribution in [-0.4, -0.2) is 0 Å². The molecule has 0 atom stereocenters. The van der Waals surface area contributed by atoms with Gasteiger partial charge in [0.15, 0.2) is 0 Å². The van der Waals surface area contributed by atoms with Crippen molar-refractivity contribution in [2.75, 3.05) is 4.90 Å². The molecule has 7 rings (SSSR count). The first-order chi connectivity index (χ1) is 20.9. The van der Waals surface area contributed by atoms with E-state index >= 15 is 0 Å². The second-order valence-corrected chi connectivity index (χ2v) is 15.1. The van der Waals surface area contributed by atoms with Gasteiger partial charge >= 0.3 is 0 Å². The van der Waals surface area contributed by atoms with Crippen molar-refractivity contribution in [1.29, 1.82) is 0 Å². The normalized spacial score (nSPS) is 14.1. The maximum absolute atomic E-state index is 2.46. The Morgan fingerprint density at radius 2 is 0.932 bits per heavy atom. The maximum atomic E-state index is 2.46. The minimum atomic E-state index is -0.0619. The van der Waals surface area contributed by atoms with Crippen LogP contribution in [0, 0.1) is 0 Å². The van der Waals surface area contributed by atoms with Crippen molar-refractivity contribution >= 4 is 38.6 Å². The summed E-state index contributed by atoms with van der Waals surface area (Å²) in [5.74, 6) is 0. The molecule has 0 saturated carbocycles. The van der Waals surface area contributed by atoms with E-state index in [0.29, 0.717) is 0 Å². The Kier molecular flexibility index (Phi) is 6.35. The summed E-state index contributed by atoms with van der Waals surface area (Å²) in [5, 5.41) is 5.42. The summed E-state index contributed by atoms with van der Waals surface area (Å²) in [5.41, 5.74) is 11.7. The lowest BCUT2D eigenvalue weighted by Crippen LogP contribution is -2.18. The quantitative estimate of drug-likeness (QED) is 0.190. The molecule has 0 radical (unpaired) electrons. The molecular weight excluding hydrogens is 530 g/mol. The van der Waals surface area contributed by atoms with Gasteiger partial charge in [0.2, 0.25) is 0 Å². The molecule has 0 fully saturated rings. The zero-order valence-corrected chi connectivity index (χ0v) is 27.4. The predicted octanol–water partition coefficient (Wildman–Crippen LogP) is 12.4. The molecule has 1 nitrogen and oxygen atoms in total. The molecule has 1 heteroatoms. The van der Waals surface area contributed by atoms with Crippen LogP contribution in [0.2, 0.25) is 0 Å². The number of hydrogen-bond donors (Lipinski definition) is 0. The van der Waals surface area contributed by atoms with Crippen LogP contribution in [0.25, 0.3) is 32.7 Å². The van der Waals surface area contributed by atoms with Gasteiger partial charge in [0.05, 0.1) is 0 Å². The fraction of sp³-hybridized carbons (Fsp3) is 0.256. The number of fused-ring (bicyclic) bond motifs is 5. The Balaban J connectivity index is 1.52. The average Bonchev–Trinajstić information content (AvgIpc) is 3.21. The highest BCUT2D eigenvalue weighted by Gasteiger charge is 2.36. The van der Waals surface area contributed by atoms with Gasteiger partial charge in [-0.25, -0.2) is 0 Å². The summed E-state index contributed by atoms with van der Waals surface area (Å²) >= 11 is 0. The van der Waals surface area contributed by atoms with E-state index in [9.17, 15) is 0 Å². The van der Waals surface area contributed by atoms with E-state index < -0.39 is 0 Å². The molecule has 6 aromatic carbocycles. The summed E-state index contributed by atoms with van der Waals surface area (Å²) in [4.78, 5) is 2.44. The summed E-state index contributed by atoms with van der Waals surface area (Å²) in [6.07, 6.45) is 0. The lowest BCUT2D eigenvalue weighted by atomic mass is 9.74. The van der Waals surface area contributed by atoms with E-state index in [1.165, 1.54) is 66.3 Å². The Morgan fingerprint density at radius 3 is 1.59 bits per heavy atom. The SMILES string of the molecule is CC(C)(C)c1c2ccccc2c(C(C)(C)C)c2cc(N(c3ccccc3)c3ccc4c(c3)C(C)(C)c3ccccc3-4)ccc12. The summed E-state index contributed by atoms with van der Waals surface area (Å²) in [6, 6.07) is 43.0. The van der Waals surface area contributed by atoms with Gasteiger partial charge in [0, 0.05) is 22.5 Å². The molecule has 0 unspecified atom stereocenters. The van der Waals surface area contributed by atoms with Gasteiger partial charge < -0.3 is 4.90 Å². The molecule has 0 bridgehead atoms. The van der Waals surface area contributed by atoms with Crippen LogP contribution in [0.15, 0.2) is 115 Å². The van der Waals surface area contributed by atoms with Gasteiger partial charge in [0.25, 0.3) is 0 Å². The van der Waals surface area contributed by atoms with Crippen molar-refractivity contribution in [1.82, 2.24) is 0 Å². The second kappa shape index (κ2) is 9.83. The number of benzene rings is 6. The Hall–Kier alpha value is -4.36. The third kappa shape index (κ3) is 4.36. The van der Waals surface area contributed by atoms with E-state index in [1.807, 2.05) is 0 Å². The van der Waals surface area contributed by atoms with Gasteiger partial charge in [0.1, 0.15) is 0 Å². The van der Waals surface area contributed by atoms with Crippen LogP contribution in [0.5, 0.6) is 0 Å². The molecule has 0 N–H and O–H groups in total. The lowest BCUT2D eigenvalue weighted by Gasteiger charge is -2.32. The second-order valence-electron chi connectivity index (χ2n) is 15.1. The largest absolute Gasteiger partial charge is 0.310 e. The maximum Gasteiger partial charge on any atom is 0.0468 e. The van der Waals surface area contributed by atoms with Crippen molar-refractivity contribution in [3.8, 4) is 11.1 Å². The van der Waals surface area contributed by atoms with E-state index in [-0.39, 0.29) is 16.2 Å². The minimum Gasteiger partial charge on any atom is -0.310 e. The Labute approximate surface area is 263 Å². The first-order valence-corrected chi connectivity index (χ1v) is 16.0. The van der Waals surface area contributed by atoms with Gasteiger partial charge in [-0.1, -0.05) is 134 Å². The Morgan fingerprint density at radius 1 is 0.432 bits per heavy atom. The third-order valence-electron chi connectivity index (χ3n) is 9.61. The van der Waals surface area contributed by atoms with Crippen molar-refractivity contribution in [2.45, 2.75) is 71.6 Å². The molecule has 0 heterocycles. The van der Waals surface area contributed by atoms with Crippen LogP contribution in [-0.2, 0) is 16.2 Å². The summed E-state index contributed by atoms with van der Waals surface area (Å²) in [7, 11) is 0. The predicted molar refractivity (Wildman–Crippen MR) is 191 cm³/mol. The fourth-order valence-corrected chi connectivity index (χ4v) is 7.78. The van der Waals surface area contributed by atoms with Gasteiger partial charge in [-0.15, -0.1) is 0 Å². The van der Waals surface area contributed by atoms with Crippen LogP contribution in [0.4, 0.5) is 17.1 Å². The fourth-order valence-electron chi connectivity index (χ4n) is 7.78. The zero-order valence-electron chi connectivity index (χ0n) is 27.4. The summed E-state index contributed by atoms with van der Waals surface area (Å²) < 4.78 is 0. The number of nitrogens with zero attached hydrogens (tertiary/aromatic N) is 1. The highest BCUT2D eigenvalue weighted by molar-refractivity contribution is 6.08. The topological polar surface area (TPSA) is 3.24 Å². The van der Waals surface area contributed by atoms with Gasteiger partial charge in [-0.2, -0.15) is 0 Å². The van der Waals surface area contributed by atoms with Gasteiger partial charge in [-0.3, -0.25) is 0 Å². The Bertz CT molecular complexity index is 2050. The number of para-hydroxylation sites is 1. The molecule has 0 aromatic heterocycles. The monoisotopic (exact) mass is 573 g/mol. The molecule has 44 heavy (non-hydrogen) atoms. The minimum absolute atomic E-state index is 0.00449. The van der Waals surface area contributed by atoms with Crippen LogP contribution in [0.3, 0.4) is 0 Å². The third-order valence-corrected chi connectivity index (χ3v) is 9.61. The van der Waals surface area contributed by atoms with Crippen LogP contribution < -0.4 is 4.90 Å². The van der Waals surface area contributed by atoms with Crippen molar-refractivity contribution < 1.29 is 0 Å². The highest BCUT2D eigenvalue weighted by atomic mass is 15.1. The van der Waals surface area contributed by atoms with Crippen molar-refractivity contribution in [2.24, 2.45) is 0 Å². The van der Waals surface area contributed by atoms with Crippen LogP contribution in [0.1, 0.15) is 77.6 Å². The van der Waals surface area contributed by atoms with E-state index in [0.717, 1.165) is 5.69 Å². The molecule has 1 aliphatic carbocycles. The molecular formula is C43H43N. The number of anilines is 3.